The second-order valence-electron chi connectivity index (χ2n) is 7.05. The molecule has 0 bridgehead atoms. The molecule has 0 saturated carbocycles. The largest absolute Gasteiger partial charge is 0.484 e. The van der Waals surface area contributed by atoms with Crippen LogP contribution in [0.4, 0.5) is 0 Å². The molecule has 0 N–H and O–H groups in total. The molecule has 0 aliphatic carbocycles. The molecule has 4 aromatic rings. The van der Waals surface area contributed by atoms with Gasteiger partial charge < -0.3 is 18.5 Å². The molecule has 0 aliphatic rings. The van der Waals surface area contributed by atoms with Gasteiger partial charge in [0, 0.05) is 24.6 Å². The Morgan fingerprint density at radius 1 is 1.00 bits per heavy atom. The van der Waals surface area contributed by atoms with Gasteiger partial charge in [0.2, 0.25) is 0 Å². The summed E-state index contributed by atoms with van der Waals surface area (Å²) in [5.41, 5.74) is 1.68. The molecule has 4 rings (SSSR count). The molecule has 0 aliphatic heterocycles. The fourth-order valence-electron chi connectivity index (χ4n) is 3.24. The highest BCUT2D eigenvalue weighted by atomic mass is 16.5. The van der Waals surface area contributed by atoms with Gasteiger partial charge in [-0.3, -0.25) is 4.79 Å². The molecule has 0 atom stereocenters. The highest BCUT2D eigenvalue weighted by molar-refractivity contribution is 5.93. The van der Waals surface area contributed by atoms with E-state index in [0.29, 0.717) is 23.6 Å². The topological polar surface area (TPSA) is 72.9 Å². The molecular weight excluding hydrogens is 382 g/mol. The molecule has 0 unspecified atom stereocenters. The Morgan fingerprint density at radius 3 is 2.53 bits per heavy atom. The number of aryl methyl sites for hydroxylation is 1. The molecule has 2 heterocycles. The average molecular weight is 403 g/mol. The molecule has 0 radical (unpaired) electrons. The third kappa shape index (κ3) is 4.27. The number of hydrogen-bond donors (Lipinski definition) is 0. The highest BCUT2D eigenvalue weighted by Gasteiger charge is 2.13. The predicted octanol–water partition coefficient (Wildman–Crippen LogP) is 4.40. The molecule has 152 valence electrons. The van der Waals surface area contributed by atoms with Crippen molar-refractivity contribution in [2.24, 2.45) is 0 Å². The summed E-state index contributed by atoms with van der Waals surface area (Å²) in [7, 11) is 1.69. The van der Waals surface area contributed by atoms with E-state index >= 15 is 0 Å². The van der Waals surface area contributed by atoms with Crippen molar-refractivity contribution < 1.29 is 18.4 Å². The lowest BCUT2D eigenvalue weighted by Crippen LogP contribution is -2.30. The third-order valence-electron chi connectivity index (χ3n) is 4.78. The van der Waals surface area contributed by atoms with E-state index in [4.69, 9.17) is 13.6 Å². The second-order valence-corrected chi connectivity index (χ2v) is 7.05. The Hall–Kier alpha value is -3.80. The highest BCUT2D eigenvalue weighted by Crippen LogP contribution is 2.29. The maximum absolute atomic E-state index is 12.4. The lowest BCUT2D eigenvalue weighted by molar-refractivity contribution is -0.132. The Bertz CT molecular complexity index is 1240. The summed E-state index contributed by atoms with van der Waals surface area (Å²) in [6.45, 7) is 2.09. The fraction of sp³-hybridized carbons (Fsp3) is 0.167. The van der Waals surface area contributed by atoms with E-state index < -0.39 is 5.63 Å². The van der Waals surface area contributed by atoms with Crippen molar-refractivity contribution in [1.82, 2.24) is 4.90 Å². The van der Waals surface area contributed by atoms with Gasteiger partial charge in [0.25, 0.3) is 5.91 Å². The third-order valence-corrected chi connectivity index (χ3v) is 4.78. The lowest BCUT2D eigenvalue weighted by atomic mass is 10.0. The molecule has 0 fully saturated rings. The Labute approximate surface area is 173 Å². The summed E-state index contributed by atoms with van der Waals surface area (Å²) in [5, 5.41) is 0.796. The van der Waals surface area contributed by atoms with Gasteiger partial charge in [-0.1, -0.05) is 30.3 Å². The maximum atomic E-state index is 12.4. The summed E-state index contributed by atoms with van der Waals surface area (Å²) in [6.07, 6.45) is 0. The van der Waals surface area contributed by atoms with Gasteiger partial charge in [-0.15, -0.1) is 0 Å². The summed E-state index contributed by atoms with van der Waals surface area (Å²) >= 11 is 0. The van der Waals surface area contributed by atoms with Crippen LogP contribution in [0, 0.1) is 6.92 Å². The van der Waals surface area contributed by atoms with Crippen LogP contribution in [-0.4, -0.2) is 24.5 Å². The van der Waals surface area contributed by atoms with Gasteiger partial charge in [-0.2, -0.15) is 0 Å². The molecule has 0 spiro atoms. The van der Waals surface area contributed by atoms with Crippen molar-refractivity contribution in [1.29, 1.82) is 0 Å². The van der Waals surface area contributed by atoms with Gasteiger partial charge >= 0.3 is 5.63 Å². The minimum Gasteiger partial charge on any atom is -0.484 e. The number of furan rings is 1. The van der Waals surface area contributed by atoms with Gasteiger partial charge in [0.05, 0.1) is 6.54 Å². The van der Waals surface area contributed by atoms with Crippen molar-refractivity contribution in [3.8, 4) is 16.9 Å². The number of hydrogen-bond acceptors (Lipinski definition) is 5. The van der Waals surface area contributed by atoms with E-state index in [0.717, 1.165) is 22.3 Å². The number of rotatable bonds is 6. The first-order valence-corrected chi connectivity index (χ1v) is 9.55. The number of carbonyl (C=O) groups is 1. The molecule has 0 saturated heterocycles. The molecule has 30 heavy (non-hydrogen) atoms. The van der Waals surface area contributed by atoms with Gasteiger partial charge in [-0.05, 0) is 42.3 Å². The zero-order valence-electron chi connectivity index (χ0n) is 16.8. The lowest BCUT2D eigenvalue weighted by Gasteiger charge is -2.16. The van der Waals surface area contributed by atoms with E-state index in [9.17, 15) is 9.59 Å². The number of amides is 1. The average Bonchev–Trinajstić information content (AvgIpc) is 3.16. The summed E-state index contributed by atoms with van der Waals surface area (Å²) in [5.74, 6) is 1.77. The van der Waals surface area contributed by atoms with Crippen LogP contribution in [-0.2, 0) is 11.3 Å². The number of benzene rings is 2. The first-order valence-electron chi connectivity index (χ1n) is 9.55. The first kappa shape index (κ1) is 19.5. The maximum Gasteiger partial charge on any atom is 0.336 e. The second kappa shape index (κ2) is 8.29. The number of carbonyl (C=O) groups excluding carboxylic acids is 1. The van der Waals surface area contributed by atoms with Crippen LogP contribution in [0.3, 0.4) is 0 Å². The van der Waals surface area contributed by atoms with E-state index in [1.807, 2.05) is 55.5 Å². The summed E-state index contributed by atoms with van der Waals surface area (Å²) < 4.78 is 16.5. The smallest absolute Gasteiger partial charge is 0.336 e. The molecular formula is C24H21NO5. The summed E-state index contributed by atoms with van der Waals surface area (Å²) in [6, 6.07) is 20.0. The van der Waals surface area contributed by atoms with Crippen molar-refractivity contribution in [3.63, 3.8) is 0 Å². The van der Waals surface area contributed by atoms with Crippen LogP contribution >= 0.6 is 0 Å². The quantitative estimate of drug-likeness (QED) is 0.446. The fourth-order valence-corrected chi connectivity index (χ4v) is 3.24. The van der Waals surface area contributed by atoms with Crippen molar-refractivity contribution in [3.05, 3.63) is 88.7 Å². The molecule has 6 nitrogen and oxygen atoms in total. The molecule has 6 heteroatoms. The van der Waals surface area contributed by atoms with Crippen LogP contribution in [0.2, 0.25) is 0 Å². The van der Waals surface area contributed by atoms with Crippen LogP contribution < -0.4 is 10.4 Å². The zero-order valence-corrected chi connectivity index (χ0v) is 16.8. The molecule has 1 amide bonds. The van der Waals surface area contributed by atoms with Gasteiger partial charge in [0.15, 0.2) is 6.61 Å². The minimum atomic E-state index is -0.442. The van der Waals surface area contributed by atoms with Crippen molar-refractivity contribution in [2.75, 3.05) is 13.7 Å². The van der Waals surface area contributed by atoms with Crippen LogP contribution in [0.25, 0.3) is 22.1 Å². The number of fused-ring (bicyclic) bond motifs is 1. The number of likely N-dealkylation sites (N-methyl/N-ethyl adjacent to an activating group) is 1. The minimum absolute atomic E-state index is 0.135. The SMILES string of the molecule is Cc1ccc(CN(C)C(=O)COc2ccc3c(-c4ccccc4)cc(=O)oc3c2)o1. The van der Waals surface area contributed by atoms with Gasteiger partial charge in [-0.25, -0.2) is 4.79 Å². The molecule has 2 aromatic heterocycles. The zero-order chi connectivity index (χ0) is 21.1. The van der Waals surface area contributed by atoms with Crippen molar-refractivity contribution >= 4 is 16.9 Å². The van der Waals surface area contributed by atoms with Gasteiger partial charge in [0.1, 0.15) is 22.9 Å². The number of nitrogens with zero attached hydrogens (tertiary/aromatic N) is 1. The number of ether oxygens (including phenoxy) is 1. The van der Waals surface area contributed by atoms with Crippen LogP contribution in [0.1, 0.15) is 11.5 Å². The Balaban J connectivity index is 1.50. The standard InChI is InChI=1S/C24H21NO5/c1-16-8-9-19(29-16)14-25(2)23(26)15-28-18-10-11-20-21(17-6-4-3-5-7-17)13-24(27)30-22(20)12-18/h3-13H,14-15H2,1-2H3. The van der Waals surface area contributed by atoms with E-state index in [1.165, 1.54) is 11.0 Å². The monoisotopic (exact) mass is 403 g/mol. The Kier molecular flexibility index (Phi) is 5.39. The van der Waals surface area contributed by atoms with Crippen LogP contribution in [0.5, 0.6) is 5.75 Å². The Morgan fingerprint density at radius 2 is 1.80 bits per heavy atom. The van der Waals surface area contributed by atoms with E-state index in [-0.39, 0.29) is 12.5 Å². The predicted molar refractivity (Wildman–Crippen MR) is 113 cm³/mol. The van der Waals surface area contributed by atoms with E-state index in [2.05, 4.69) is 0 Å². The van der Waals surface area contributed by atoms with E-state index in [1.54, 1.807) is 19.2 Å². The summed E-state index contributed by atoms with van der Waals surface area (Å²) in [4.78, 5) is 25.9. The molecule has 2 aromatic carbocycles. The first-order chi connectivity index (χ1) is 14.5. The van der Waals surface area contributed by atoms with Crippen molar-refractivity contribution in [2.45, 2.75) is 13.5 Å². The normalized spacial score (nSPS) is 10.9. The van der Waals surface area contributed by atoms with Crippen LogP contribution in [0.15, 0.2) is 80.4 Å².